The summed E-state index contributed by atoms with van der Waals surface area (Å²) < 4.78 is 4.46. The van der Waals surface area contributed by atoms with Gasteiger partial charge in [-0.25, -0.2) is 4.79 Å². The Kier molecular flexibility index (Phi) is 6.09. The van der Waals surface area contributed by atoms with Gasteiger partial charge >= 0.3 is 5.97 Å². The summed E-state index contributed by atoms with van der Waals surface area (Å²) in [4.78, 5) is 11.2. The Labute approximate surface area is 103 Å². The number of methoxy groups -OCH3 is 1. The summed E-state index contributed by atoms with van der Waals surface area (Å²) in [7, 11) is 1.23. The zero-order valence-electron chi connectivity index (χ0n) is 11.4. The minimum Gasteiger partial charge on any atom is -0.467 e. The van der Waals surface area contributed by atoms with Gasteiger partial charge in [-0.05, 0) is 18.8 Å². The zero-order valence-corrected chi connectivity index (χ0v) is 11.4. The Hall–Kier alpha value is -0.650. The van der Waals surface area contributed by atoms with E-state index >= 15 is 0 Å². The fourth-order valence-electron chi connectivity index (χ4n) is 1.55. The summed E-state index contributed by atoms with van der Waals surface area (Å²) in [6, 6.07) is 0. The van der Waals surface area contributed by atoms with Crippen molar-refractivity contribution >= 4 is 5.97 Å². The van der Waals surface area contributed by atoms with Crippen LogP contribution in [0.3, 0.4) is 0 Å². The van der Waals surface area contributed by atoms with E-state index in [1.807, 2.05) is 20.8 Å². The molecule has 0 fully saturated rings. The summed E-state index contributed by atoms with van der Waals surface area (Å²) in [5.74, 6) is -0.685. The summed E-state index contributed by atoms with van der Waals surface area (Å²) >= 11 is 0. The maximum absolute atomic E-state index is 11.2. The highest BCUT2D eigenvalue weighted by molar-refractivity contribution is 5.78. The molecular formula is C12H25NO4. The quantitative estimate of drug-likeness (QED) is 0.588. The number of aliphatic hydroxyl groups is 2. The fraction of sp³-hybridized carbons (Fsp3) is 0.917. The van der Waals surface area contributed by atoms with Crippen molar-refractivity contribution in [3.63, 3.8) is 0 Å². The molecule has 3 N–H and O–H groups in total. The van der Waals surface area contributed by atoms with Crippen LogP contribution in [0.5, 0.6) is 0 Å². The van der Waals surface area contributed by atoms with Crippen LogP contribution in [0.25, 0.3) is 0 Å². The molecule has 2 atom stereocenters. The van der Waals surface area contributed by atoms with Crippen LogP contribution in [-0.4, -0.2) is 48.1 Å². The minimum atomic E-state index is -1.56. The highest BCUT2D eigenvalue weighted by Gasteiger charge is 2.31. The van der Waals surface area contributed by atoms with Gasteiger partial charge in [-0.15, -0.1) is 0 Å². The second-order valence-electron chi connectivity index (χ2n) is 5.81. The molecule has 0 aromatic rings. The van der Waals surface area contributed by atoms with Crippen LogP contribution >= 0.6 is 0 Å². The third kappa shape index (κ3) is 7.31. The van der Waals surface area contributed by atoms with Crippen molar-refractivity contribution < 1.29 is 19.7 Å². The van der Waals surface area contributed by atoms with Crippen molar-refractivity contribution in [1.82, 2.24) is 5.32 Å². The molecular weight excluding hydrogens is 222 g/mol. The Morgan fingerprint density at radius 2 is 1.88 bits per heavy atom. The van der Waals surface area contributed by atoms with Gasteiger partial charge in [-0.1, -0.05) is 20.8 Å². The number of hydrogen-bond donors (Lipinski definition) is 3. The van der Waals surface area contributed by atoms with Crippen LogP contribution in [-0.2, 0) is 9.53 Å². The molecule has 0 aromatic carbocycles. The minimum absolute atomic E-state index is 0.0476. The van der Waals surface area contributed by atoms with Crippen LogP contribution in [0, 0.1) is 5.41 Å². The number of hydrogen-bond acceptors (Lipinski definition) is 5. The predicted molar refractivity (Wildman–Crippen MR) is 65.6 cm³/mol. The van der Waals surface area contributed by atoms with E-state index < -0.39 is 17.7 Å². The first-order valence-electron chi connectivity index (χ1n) is 5.78. The van der Waals surface area contributed by atoms with E-state index in [-0.39, 0.29) is 12.0 Å². The smallest absolute Gasteiger partial charge is 0.338 e. The lowest BCUT2D eigenvalue weighted by molar-refractivity contribution is -0.160. The number of carbonyl (C=O) groups is 1. The number of rotatable bonds is 6. The van der Waals surface area contributed by atoms with Gasteiger partial charge in [0, 0.05) is 13.1 Å². The number of ether oxygens (including phenoxy) is 1. The highest BCUT2D eigenvalue weighted by atomic mass is 16.5. The van der Waals surface area contributed by atoms with E-state index in [2.05, 4.69) is 10.1 Å². The highest BCUT2D eigenvalue weighted by Crippen LogP contribution is 2.20. The molecule has 0 aliphatic rings. The third-order valence-corrected chi connectivity index (χ3v) is 2.32. The second-order valence-corrected chi connectivity index (χ2v) is 5.81. The lowest BCUT2D eigenvalue weighted by atomic mass is 9.89. The third-order valence-electron chi connectivity index (χ3n) is 2.32. The number of carbonyl (C=O) groups excluding carboxylic acids is 1. The van der Waals surface area contributed by atoms with E-state index in [1.54, 1.807) is 0 Å². The van der Waals surface area contributed by atoms with Crippen LogP contribution in [0.1, 0.15) is 34.1 Å². The summed E-state index contributed by atoms with van der Waals surface area (Å²) in [5, 5.41) is 22.3. The molecule has 0 aliphatic carbocycles. The lowest BCUT2D eigenvalue weighted by Gasteiger charge is -2.24. The fourth-order valence-corrected chi connectivity index (χ4v) is 1.55. The lowest BCUT2D eigenvalue weighted by Crippen LogP contribution is -2.47. The first-order valence-corrected chi connectivity index (χ1v) is 5.78. The average molecular weight is 247 g/mol. The SMILES string of the molecule is COC(=O)C(C)(O)CNCC(O)CC(C)(C)C. The number of aliphatic hydroxyl groups excluding tert-OH is 1. The molecule has 102 valence electrons. The summed E-state index contributed by atoms with van der Waals surface area (Å²) in [6.45, 7) is 7.90. The van der Waals surface area contributed by atoms with Gasteiger partial charge in [0.2, 0.25) is 0 Å². The molecule has 17 heavy (non-hydrogen) atoms. The van der Waals surface area contributed by atoms with Crippen LogP contribution in [0.4, 0.5) is 0 Å². The maximum atomic E-state index is 11.2. The molecule has 0 amide bonds. The Bertz CT molecular complexity index is 245. The van der Waals surface area contributed by atoms with Crippen molar-refractivity contribution in [3.8, 4) is 0 Å². The molecule has 5 nitrogen and oxygen atoms in total. The molecule has 0 heterocycles. The molecule has 0 aromatic heterocycles. The van der Waals surface area contributed by atoms with Gasteiger partial charge in [-0.2, -0.15) is 0 Å². The van der Waals surface area contributed by atoms with Crippen molar-refractivity contribution in [2.24, 2.45) is 5.41 Å². The van der Waals surface area contributed by atoms with Crippen molar-refractivity contribution in [3.05, 3.63) is 0 Å². The molecule has 0 saturated carbocycles. The Balaban J connectivity index is 3.95. The molecule has 0 radical (unpaired) electrons. The molecule has 0 spiro atoms. The molecule has 5 heteroatoms. The van der Waals surface area contributed by atoms with E-state index in [4.69, 9.17) is 0 Å². The maximum Gasteiger partial charge on any atom is 0.338 e. The normalized spacial score (nSPS) is 17.4. The molecule has 2 unspecified atom stereocenters. The van der Waals surface area contributed by atoms with Crippen LogP contribution in [0.15, 0.2) is 0 Å². The first-order chi connectivity index (χ1) is 7.58. The van der Waals surface area contributed by atoms with Crippen molar-refractivity contribution in [2.45, 2.75) is 45.8 Å². The van der Waals surface area contributed by atoms with Gasteiger partial charge in [0.15, 0.2) is 5.60 Å². The first kappa shape index (κ1) is 16.4. The van der Waals surface area contributed by atoms with E-state index in [0.29, 0.717) is 13.0 Å². The van der Waals surface area contributed by atoms with E-state index in [1.165, 1.54) is 14.0 Å². The zero-order chi connectivity index (χ0) is 13.7. The van der Waals surface area contributed by atoms with Gasteiger partial charge in [0.25, 0.3) is 0 Å². The molecule has 0 bridgehead atoms. The average Bonchev–Trinajstić information content (AvgIpc) is 2.13. The van der Waals surface area contributed by atoms with E-state index in [9.17, 15) is 15.0 Å². The monoisotopic (exact) mass is 247 g/mol. The van der Waals surface area contributed by atoms with Crippen LogP contribution < -0.4 is 5.32 Å². The Morgan fingerprint density at radius 3 is 2.29 bits per heavy atom. The van der Waals surface area contributed by atoms with Crippen molar-refractivity contribution in [2.75, 3.05) is 20.2 Å². The van der Waals surface area contributed by atoms with Crippen molar-refractivity contribution in [1.29, 1.82) is 0 Å². The van der Waals surface area contributed by atoms with Gasteiger partial charge < -0.3 is 20.3 Å². The molecule has 0 rings (SSSR count). The standard InChI is InChI=1S/C12H25NO4/c1-11(2,3)6-9(14)7-13-8-12(4,16)10(15)17-5/h9,13-14,16H,6-8H2,1-5H3. The number of nitrogens with one attached hydrogen (secondary N) is 1. The van der Waals surface area contributed by atoms with Gasteiger partial charge in [0.05, 0.1) is 13.2 Å². The summed E-state index contributed by atoms with van der Waals surface area (Å²) in [5.41, 5.74) is -1.51. The number of esters is 1. The molecule has 0 aliphatic heterocycles. The van der Waals surface area contributed by atoms with Crippen LogP contribution in [0.2, 0.25) is 0 Å². The Morgan fingerprint density at radius 1 is 1.35 bits per heavy atom. The second kappa shape index (κ2) is 6.33. The van der Waals surface area contributed by atoms with Gasteiger partial charge in [-0.3, -0.25) is 0 Å². The topological polar surface area (TPSA) is 78.8 Å². The summed E-state index contributed by atoms with van der Waals surface area (Å²) in [6.07, 6.45) is 0.156. The largest absolute Gasteiger partial charge is 0.467 e. The van der Waals surface area contributed by atoms with Gasteiger partial charge in [0.1, 0.15) is 0 Å². The predicted octanol–water partition coefficient (Wildman–Crippen LogP) is 0.297. The molecule has 0 saturated heterocycles. The van der Waals surface area contributed by atoms with E-state index in [0.717, 1.165) is 0 Å².